The Hall–Kier alpha value is -2.37. The summed E-state index contributed by atoms with van der Waals surface area (Å²) in [5, 5.41) is 11.1. The van der Waals surface area contributed by atoms with Gasteiger partial charge in [-0.25, -0.2) is 4.79 Å². The summed E-state index contributed by atoms with van der Waals surface area (Å²) in [6.07, 6.45) is 0. The van der Waals surface area contributed by atoms with E-state index in [0.29, 0.717) is 24.0 Å². The van der Waals surface area contributed by atoms with Crippen molar-refractivity contribution in [3.8, 4) is 0 Å². The molecule has 0 saturated heterocycles. The topological polar surface area (TPSA) is 77.2 Å². The summed E-state index contributed by atoms with van der Waals surface area (Å²) >= 11 is 0. The van der Waals surface area contributed by atoms with Crippen LogP contribution < -0.4 is 5.32 Å². The molecule has 0 aliphatic rings. The molecular weight excluding hydrogens is 306 g/mol. The van der Waals surface area contributed by atoms with Crippen LogP contribution in [0.15, 0.2) is 28.7 Å². The third kappa shape index (κ3) is 5.08. The van der Waals surface area contributed by atoms with Gasteiger partial charge in [0.15, 0.2) is 0 Å². The van der Waals surface area contributed by atoms with E-state index in [4.69, 9.17) is 9.15 Å². The first-order valence-corrected chi connectivity index (χ1v) is 7.95. The third-order valence-corrected chi connectivity index (χ3v) is 3.10. The number of carbonyl (C=O) groups excluding carboxylic acids is 1. The number of esters is 1. The van der Waals surface area contributed by atoms with Crippen LogP contribution in [0.3, 0.4) is 0 Å². The lowest BCUT2D eigenvalue weighted by molar-refractivity contribution is 0.00695. The van der Waals surface area contributed by atoms with E-state index in [0.717, 1.165) is 5.56 Å². The maximum Gasteiger partial charge on any atom is 0.338 e. The second-order valence-corrected chi connectivity index (χ2v) is 7.71. The monoisotopic (exact) mass is 331 g/mol. The van der Waals surface area contributed by atoms with Crippen molar-refractivity contribution in [1.82, 2.24) is 10.2 Å². The van der Waals surface area contributed by atoms with Crippen LogP contribution in [0.2, 0.25) is 0 Å². The number of carbonyl (C=O) groups is 1. The molecule has 0 saturated carbocycles. The molecule has 1 N–H and O–H groups in total. The molecule has 1 aromatic heterocycles. The Balaban J connectivity index is 1.95. The first kappa shape index (κ1) is 18.0. The van der Waals surface area contributed by atoms with E-state index in [-0.39, 0.29) is 11.4 Å². The lowest BCUT2D eigenvalue weighted by Crippen LogP contribution is -2.23. The second-order valence-electron chi connectivity index (χ2n) is 7.71. The van der Waals surface area contributed by atoms with Gasteiger partial charge in [-0.05, 0) is 38.5 Å². The molecule has 0 unspecified atom stereocenters. The van der Waals surface area contributed by atoms with Crippen LogP contribution in [-0.4, -0.2) is 21.8 Å². The summed E-state index contributed by atoms with van der Waals surface area (Å²) in [4.78, 5) is 12.0. The Bertz CT molecular complexity index is 692. The maximum absolute atomic E-state index is 12.0. The van der Waals surface area contributed by atoms with Gasteiger partial charge in [-0.3, -0.25) is 0 Å². The number of hydrogen-bond acceptors (Lipinski definition) is 6. The molecule has 0 aliphatic heterocycles. The van der Waals surface area contributed by atoms with Gasteiger partial charge < -0.3 is 14.5 Å². The van der Waals surface area contributed by atoms with Crippen LogP contribution in [0.1, 0.15) is 63.4 Å². The molecule has 0 spiro atoms. The number of hydrogen-bond donors (Lipinski definition) is 1. The zero-order valence-electron chi connectivity index (χ0n) is 15.1. The van der Waals surface area contributed by atoms with Gasteiger partial charge in [0.2, 0.25) is 5.89 Å². The minimum atomic E-state index is -0.500. The predicted molar refractivity (Wildman–Crippen MR) is 91.9 cm³/mol. The minimum Gasteiger partial charge on any atom is -0.456 e. The first-order valence-electron chi connectivity index (χ1n) is 7.95. The quantitative estimate of drug-likeness (QED) is 0.855. The van der Waals surface area contributed by atoms with E-state index in [1.54, 1.807) is 12.1 Å². The summed E-state index contributed by atoms with van der Waals surface area (Å²) in [6, 6.07) is 7.62. The lowest BCUT2D eigenvalue weighted by Gasteiger charge is -2.19. The number of nitrogens with zero attached hydrogens (tertiary/aromatic N) is 2. The van der Waals surface area contributed by atoms with Crippen molar-refractivity contribution in [3.05, 3.63) is 41.3 Å². The Morgan fingerprint density at radius 1 is 1.08 bits per heavy atom. The molecule has 130 valence electrons. The molecule has 24 heavy (non-hydrogen) atoms. The molecule has 0 aliphatic carbocycles. The van der Waals surface area contributed by atoms with Gasteiger partial charge in [0.05, 0.1) is 5.56 Å². The minimum absolute atomic E-state index is 0.179. The molecule has 0 radical (unpaired) electrons. The molecule has 6 heteroatoms. The summed E-state index contributed by atoms with van der Waals surface area (Å²) < 4.78 is 10.9. The number of aromatic nitrogens is 2. The number of rotatable bonds is 4. The van der Waals surface area contributed by atoms with Crippen molar-refractivity contribution in [1.29, 1.82) is 0 Å². The largest absolute Gasteiger partial charge is 0.456 e. The number of nitrogens with one attached hydrogen (secondary N) is 1. The smallest absolute Gasteiger partial charge is 0.338 e. The third-order valence-electron chi connectivity index (χ3n) is 3.10. The van der Waals surface area contributed by atoms with Crippen LogP contribution in [0, 0.1) is 0 Å². The summed E-state index contributed by atoms with van der Waals surface area (Å²) in [5.74, 6) is 0.263. The molecule has 2 rings (SSSR count). The van der Waals surface area contributed by atoms with Crippen molar-refractivity contribution in [2.45, 2.75) is 59.1 Å². The van der Waals surface area contributed by atoms with Gasteiger partial charge in [0.1, 0.15) is 5.60 Å². The van der Waals surface area contributed by atoms with Gasteiger partial charge in [-0.15, -0.1) is 5.10 Å². The Morgan fingerprint density at radius 3 is 2.21 bits per heavy atom. The van der Waals surface area contributed by atoms with Crippen molar-refractivity contribution >= 4 is 12.0 Å². The van der Waals surface area contributed by atoms with Crippen molar-refractivity contribution in [3.63, 3.8) is 0 Å². The zero-order valence-corrected chi connectivity index (χ0v) is 15.1. The Morgan fingerprint density at radius 2 is 1.71 bits per heavy atom. The van der Waals surface area contributed by atoms with Gasteiger partial charge in [-0.1, -0.05) is 38.0 Å². The predicted octanol–water partition coefficient (Wildman–Crippen LogP) is 3.93. The summed E-state index contributed by atoms with van der Waals surface area (Å²) in [7, 11) is 0. The average Bonchev–Trinajstić information content (AvgIpc) is 2.93. The molecule has 0 atom stereocenters. The molecule has 1 aromatic carbocycles. The molecule has 2 aromatic rings. The molecule has 6 nitrogen and oxygen atoms in total. The first-order chi connectivity index (χ1) is 11.0. The fourth-order valence-electron chi connectivity index (χ4n) is 1.87. The number of anilines is 1. The van der Waals surface area contributed by atoms with E-state index in [1.807, 2.05) is 53.7 Å². The second kappa shape index (κ2) is 6.63. The average molecular weight is 331 g/mol. The van der Waals surface area contributed by atoms with E-state index in [2.05, 4.69) is 15.5 Å². The van der Waals surface area contributed by atoms with Crippen LogP contribution in [-0.2, 0) is 16.7 Å². The van der Waals surface area contributed by atoms with Crippen LogP contribution in [0.5, 0.6) is 0 Å². The maximum atomic E-state index is 12.0. The fraction of sp³-hybridized carbons (Fsp3) is 0.500. The Kier molecular flexibility index (Phi) is 4.96. The highest BCUT2D eigenvalue weighted by Crippen LogP contribution is 2.22. The molecule has 0 amide bonds. The van der Waals surface area contributed by atoms with Gasteiger partial charge >= 0.3 is 12.0 Å². The normalized spacial score (nSPS) is 12.1. The highest BCUT2D eigenvalue weighted by molar-refractivity contribution is 5.89. The van der Waals surface area contributed by atoms with Crippen molar-refractivity contribution < 1.29 is 13.9 Å². The van der Waals surface area contributed by atoms with Crippen molar-refractivity contribution in [2.24, 2.45) is 0 Å². The van der Waals surface area contributed by atoms with Crippen LogP contribution >= 0.6 is 0 Å². The van der Waals surface area contributed by atoms with E-state index in [1.165, 1.54) is 0 Å². The van der Waals surface area contributed by atoms with Crippen molar-refractivity contribution in [2.75, 3.05) is 5.32 Å². The molecule has 1 heterocycles. The molecule has 0 bridgehead atoms. The SMILES string of the molecule is CC(C)(C)OC(=O)c1ccc(CNc2nnc(C(C)(C)C)o2)cc1. The summed E-state index contributed by atoms with van der Waals surface area (Å²) in [6.45, 7) is 12.1. The standard InChI is InChI=1S/C18H25N3O3/c1-17(2,3)15-20-21-16(23-15)19-11-12-7-9-13(10-8-12)14(22)24-18(4,5)6/h7-10H,11H2,1-6H3,(H,19,21). The summed E-state index contributed by atoms with van der Waals surface area (Å²) in [5.41, 5.74) is 0.849. The number of benzene rings is 1. The van der Waals surface area contributed by atoms with E-state index < -0.39 is 5.60 Å². The van der Waals surface area contributed by atoms with Gasteiger partial charge in [0.25, 0.3) is 0 Å². The fourth-order valence-corrected chi connectivity index (χ4v) is 1.87. The van der Waals surface area contributed by atoms with Crippen LogP contribution in [0.25, 0.3) is 0 Å². The lowest BCUT2D eigenvalue weighted by atomic mass is 9.97. The number of ether oxygens (including phenoxy) is 1. The van der Waals surface area contributed by atoms with Crippen LogP contribution in [0.4, 0.5) is 6.01 Å². The molecular formula is C18H25N3O3. The zero-order chi connectivity index (χ0) is 18.0. The highest BCUT2D eigenvalue weighted by Gasteiger charge is 2.21. The highest BCUT2D eigenvalue weighted by atomic mass is 16.6. The Labute approximate surface area is 142 Å². The van der Waals surface area contributed by atoms with E-state index >= 15 is 0 Å². The van der Waals surface area contributed by atoms with Gasteiger partial charge in [-0.2, -0.15) is 0 Å². The molecule has 0 fully saturated rings. The van der Waals surface area contributed by atoms with E-state index in [9.17, 15) is 4.79 Å². The van der Waals surface area contributed by atoms with Gasteiger partial charge in [0, 0.05) is 12.0 Å².